The number of hydrogen-bond acceptors (Lipinski definition) is 5. The van der Waals surface area contributed by atoms with E-state index in [1.807, 2.05) is 0 Å². The van der Waals surface area contributed by atoms with Gasteiger partial charge in [-0.25, -0.2) is 13.6 Å². The number of ether oxygens (including phenoxy) is 1. The summed E-state index contributed by atoms with van der Waals surface area (Å²) in [5.41, 5.74) is -1.09. The molecule has 2 aromatic carbocycles. The molecule has 2 rings (SSSR count). The van der Waals surface area contributed by atoms with Crippen LogP contribution in [-0.2, 0) is 4.74 Å². The Bertz CT molecular complexity index is 835. The summed E-state index contributed by atoms with van der Waals surface area (Å²) in [5, 5.41) is 11.0. The average molecular weight is 335 g/mol. The van der Waals surface area contributed by atoms with Crippen molar-refractivity contribution >= 4 is 17.4 Å². The topological polar surface area (TPSA) is 86.5 Å². The average Bonchev–Trinajstić information content (AvgIpc) is 2.53. The number of nitro groups is 1. The number of rotatable bonds is 5. The quantitative estimate of drug-likeness (QED) is 0.362. The van der Waals surface area contributed by atoms with Crippen molar-refractivity contribution in [3.05, 3.63) is 74.8 Å². The maximum absolute atomic E-state index is 13.5. The van der Waals surface area contributed by atoms with Gasteiger partial charge in [0.1, 0.15) is 17.2 Å². The number of para-hydroxylation sites is 1. The summed E-state index contributed by atoms with van der Waals surface area (Å²) >= 11 is 0. The highest BCUT2D eigenvalue weighted by Gasteiger charge is 2.24. The largest absolute Gasteiger partial charge is 0.454 e. The molecule has 0 saturated heterocycles. The predicted molar refractivity (Wildman–Crippen MR) is 78.8 cm³/mol. The highest BCUT2D eigenvalue weighted by atomic mass is 19.1. The van der Waals surface area contributed by atoms with Gasteiger partial charge < -0.3 is 4.74 Å². The molecule has 6 nitrogen and oxygen atoms in total. The van der Waals surface area contributed by atoms with E-state index in [4.69, 9.17) is 4.74 Å². The van der Waals surface area contributed by atoms with Crippen LogP contribution in [0.5, 0.6) is 0 Å². The van der Waals surface area contributed by atoms with Crippen molar-refractivity contribution in [3.63, 3.8) is 0 Å². The van der Waals surface area contributed by atoms with Crippen LogP contribution >= 0.6 is 0 Å². The Labute approximate surface area is 134 Å². The Hall–Kier alpha value is -3.16. The fourth-order valence-corrected chi connectivity index (χ4v) is 2.06. The van der Waals surface area contributed by atoms with Crippen LogP contribution in [0, 0.1) is 28.7 Å². The van der Waals surface area contributed by atoms with Crippen molar-refractivity contribution in [1.29, 1.82) is 0 Å². The summed E-state index contributed by atoms with van der Waals surface area (Å²) in [6.07, 6.45) is 0. The summed E-state index contributed by atoms with van der Waals surface area (Å²) in [5.74, 6) is -3.84. The lowest BCUT2D eigenvalue weighted by molar-refractivity contribution is -0.385. The second-order valence-electron chi connectivity index (χ2n) is 4.85. The van der Waals surface area contributed by atoms with Crippen LogP contribution in [0.25, 0.3) is 0 Å². The van der Waals surface area contributed by atoms with Crippen LogP contribution in [0.4, 0.5) is 14.5 Å². The molecule has 0 heterocycles. The molecule has 0 bridgehead atoms. The Morgan fingerprint density at radius 1 is 1.17 bits per heavy atom. The summed E-state index contributed by atoms with van der Waals surface area (Å²) < 4.78 is 31.2. The molecule has 0 saturated carbocycles. The molecule has 0 aliphatic rings. The van der Waals surface area contributed by atoms with Gasteiger partial charge in [-0.05, 0) is 31.2 Å². The minimum atomic E-state index is -1.10. The van der Waals surface area contributed by atoms with E-state index in [1.165, 1.54) is 25.1 Å². The Kier molecular flexibility index (Phi) is 4.98. The normalized spacial score (nSPS) is 10.3. The zero-order chi connectivity index (χ0) is 17.9. The van der Waals surface area contributed by atoms with Crippen molar-refractivity contribution in [2.45, 2.75) is 6.92 Å². The summed E-state index contributed by atoms with van der Waals surface area (Å²) in [7, 11) is 0. The van der Waals surface area contributed by atoms with E-state index in [-0.39, 0.29) is 11.1 Å². The first-order valence-corrected chi connectivity index (χ1v) is 6.70. The molecule has 0 atom stereocenters. The first-order chi connectivity index (χ1) is 11.3. The number of Topliss-reactive ketones (excluding diaryl/α,β-unsaturated/α-hetero) is 1. The number of carbonyl (C=O) groups excluding carboxylic acids is 2. The van der Waals surface area contributed by atoms with Gasteiger partial charge >= 0.3 is 5.97 Å². The Morgan fingerprint density at radius 2 is 1.88 bits per heavy atom. The highest BCUT2D eigenvalue weighted by molar-refractivity contribution is 6.00. The lowest BCUT2D eigenvalue weighted by Gasteiger charge is -2.07. The molecule has 8 heteroatoms. The molecule has 0 radical (unpaired) electrons. The van der Waals surface area contributed by atoms with Crippen LogP contribution in [0.3, 0.4) is 0 Å². The number of nitro benzene ring substituents is 1. The van der Waals surface area contributed by atoms with E-state index in [2.05, 4.69) is 0 Å². The van der Waals surface area contributed by atoms with Crippen LogP contribution in [-0.4, -0.2) is 23.3 Å². The van der Waals surface area contributed by atoms with E-state index >= 15 is 0 Å². The predicted octanol–water partition coefficient (Wildman–Crippen LogP) is 3.22. The second-order valence-corrected chi connectivity index (χ2v) is 4.85. The Morgan fingerprint density at radius 3 is 2.54 bits per heavy atom. The molecule has 124 valence electrons. The van der Waals surface area contributed by atoms with Crippen LogP contribution in [0.1, 0.15) is 26.3 Å². The van der Waals surface area contributed by atoms with Crippen molar-refractivity contribution in [2.24, 2.45) is 0 Å². The lowest BCUT2D eigenvalue weighted by atomic mass is 10.1. The molecule has 0 aromatic heterocycles. The van der Waals surface area contributed by atoms with Crippen LogP contribution < -0.4 is 0 Å². The molecule has 0 fully saturated rings. The minimum Gasteiger partial charge on any atom is -0.454 e. The molecule has 24 heavy (non-hydrogen) atoms. The first kappa shape index (κ1) is 17.2. The van der Waals surface area contributed by atoms with E-state index in [0.717, 1.165) is 12.1 Å². The van der Waals surface area contributed by atoms with E-state index < -0.39 is 46.2 Å². The monoisotopic (exact) mass is 335 g/mol. The van der Waals surface area contributed by atoms with Gasteiger partial charge in [-0.2, -0.15) is 0 Å². The van der Waals surface area contributed by atoms with Crippen LogP contribution in [0.2, 0.25) is 0 Å². The zero-order valence-electron chi connectivity index (χ0n) is 12.4. The van der Waals surface area contributed by atoms with Crippen molar-refractivity contribution in [3.8, 4) is 0 Å². The highest BCUT2D eigenvalue weighted by Crippen LogP contribution is 2.23. The number of esters is 1. The second kappa shape index (κ2) is 6.95. The number of ketones is 1. The summed E-state index contributed by atoms with van der Waals surface area (Å²) in [6, 6.07) is 6.35. The standard InChI is InChI=1S/C16H11F2NO5/c1-9-3-2-4-11(15(9)19(22)23)16(21)24-8-14(20)12-7-10(17)5-6-13(12)18/h2-7H,8H2,1H3. The third kappa shape index (κ3) is 3.60. The molecule has 0 unspecified atom stereocenters. The molecule has 0 spiro atoms. The number of carbonyl (C=O) groups is 2. The number of hydrogen-bond donors (Lipinski definition) is 0. The van der Waals surface area contributed by atoms with E-state index in [0.29, 0.717) is 6.07 Å². The maximum atomic E-state index is 13.5. The third-order valence-electron chi connectivity index (χ3n) is 3.20. The van der Waals surface area contributed by atoms with Gasteiger partial charge in [-0.15, -0.1) is 0 Å². The fraction of sp³-hybridized carbons (Fsp3) is 0.125. The number of benzene rings is 2. The van der Waals surface area contributed by atoms with Crippen molar-refractivity contribution < 1.29 is 28.0 Å². The summed E-state index contributed by atoms with van der Waals surface area (Å²) in [6.45, 7) is 0.576. The van der Waals surface area contributed by atoms with Gasteiger partial charge in [0.05, 0.1) is 10.5 Å². The van der Waals surface area contributed by atoms with Crippen molar-refractivity contribution in [1.82, 2.24) is 0 Å². The molecule has 0 aliphatic carbocycles. The van der Waals surface area contributed by atoms with Gasteiger partial charge in [0.15, 0.2) is 6.61 Å². The third-order valence-corrected chi connectivity index (χ3v) is 3.20. The number of aryl methyl sites for hydroxylation is 1. The van der Waals surface area contributed by atoms with Gasteiger partial charge in [0.2, 0.25) is 5.78 Å². The first-order valence-electron chi connectivity index (χ1n) is 6.70. The van der Waals surface area contributed by atoms with Crippen LogP contribution in [0.15, 0.2) is 36.4 Å². The molecular formula is C16H11F2NO5. The summed E-state index contributed by atoms with van der Waals surface area (Å²) in [4.78, 5) is 34.1. The minimum absolute atomic E-state index is 0.247. The van der Waals surface area contributed by atoms with Gasteiger partial charge in [-0.3, -0.25) is 14.9 Å². The lowest BCUT2D eigenvalue weighted by Crippen LogP contribution is -2.16. The molecular weight excluding hydrogens is 324 g/mol. The van der Waals surface area contributed by atoms with Gasteiger partial charge in [0, 0.05) is 5.56 Å². The maximum Gasteiger partial charge on any atom is 0.345 e. The molecule has 2 aromatic rings. The molecule has 0 amide bonds. The molecule has 0 N–H and O–H groups in total. The number of halogens is 2. The zero-order valence-corrected chi connectivity index (χ0v) is 12.4. The SMILES string of the molecule is Cc1cccc(C(=O)OCC(=O)c2cc(F)ccc2F)c1[N+](=O)[O-]. The van der Waals surface area contributed by atoms with Gasteiger partial charge in [0.25, 0.3) is 5.69 Å². The van der Waals surface area contributed by atoms with Gasteiger partial charge in [-0.1, -0.05) is 12.1 Å². The van der Waals surface area contributed by atoms with E-state index in [1.54, 1.807) is 0 Å². The number of nitrogens with zero attached hydrogens (tertiary/aromatic N) is 1. The fourth-order valence-electron chi connectivity index (χ4n) is 2.06. The van der Waals surface area contributed by atoms with E-state index in [9.17, 15) is 28.5 Å². The van der Waals surface area contributed by atoms with Crippen molar-refractivity contribution in [2.75, 3.05) is 6.61 Å². The Balaban J connectivity index is 2.17. The molecule has 0 aliphatic heterocycles. The smallest absolute Gasteiger partial charge is 0.345 e.